The molecule has 3 aromatic rings. The first kappa shape index (κ1) is 12.6. The summed E-state index contributed by atoms with van der Waals surface area (Å²) in [5, 5.41) is 3.43. The number of halogens is 1. The molecule has 0 aliphatic heterocycles. The number of hydrogen-bond acceptors (Lipinski definition) is 4. The molecule has 0 saturated carbocycles. The average molecular weight is 337 g/mol. The van der Waals surface area contributed by atoms with Crippen molar-refractivity contribution < 1.29 is 0 Å². The third-order valence-electron chi connectivity index (χ3n) is 2.89. The summed E-state index contributed by atoms with van der Waals surface area (Å²) in [6.45, 7) is 4.25. The number of imidazole rings is 1. The van der Waals surface area contributed by atoms with Gasteiger partial charge in [-0.1, -0.05) is 0 Å². The predicted molar refractivity (Wildman–Crippen MR) is 81.8 cm³/mol. The van der Waals surface area contributed by atoms with Crippen LogP contribution in [-0.4, -0.2) is 14.4 Å². The van der Waals surface area contributed by atoms with Crippen molar-refractivity contribution in [2.75, 3.05) is 5.32 Å². The molecule has 0 bridgehead atoms. The van der Waals surface area contributed by atoms with Crippen LogP contribution in [0.2, 0.25) is 0 Å². The Morgan fingerprint density at radius 2 is 2.26 bits per heavy atom. The molecule has 1 atom stereocenters. The Labute approximate surface area is 123 Å². The number of thiophene rings is 1. The predicted octanol–water partition coefficient (Wildman–Crippen LogP) is 4.03. The van der Waals surface area contributed by atoms with E-state index in [2.05, 4.69) is 57.2 Å². The second-order valence-corrected chi connectivity index (χ2v) is 6.52. The van der Waals surface area contributed by atoms with E-state index in [0.717, 1.165) is 16.1 Å². The van der Waals surface area contributed by atoms with Crippen LogP contribution in [0, 0.1) is 6.92 Å². The van der Waals surface area contributed by atoms with E-state index in [9.17, 15) is 0 Å². The molecule has 4 nitrogen and oxygen atoms in total. The maximum atomic E-state index is 4.47. The molecule has 0 aliphatic carbocycles. The van der Waals surface area contributed by atoms with Gasteiger partial charge in [-0.3, -0.25) is 0 Å². The highest BCUT2D eigenvalue weighted by atomic mass is 79.9. The number of anilines is 1. The number of hydrogen-bond donors (Lipinski definition) is 1. The number of aryl methyl sites for hydroxylation is 1. The van der Waals surface area contributed by atoms with Gasteiger partial charge < -0.3 is 9.72 Å². The third kappa shape index (κ3) is 2.50. The van der Waals surface area contributed by atoms with Crippen molar-refractivity contribution >= 4 is 38.7 Å². The van der Waals surface area contributed by atoms with Gasteiger partial charge in [0.15, 0.2) is 11.5 Å². The molecule has 3 rings (SSSR count). The molecular weight excluding hydrogens is 324 g/mol. The standard InChI is InChI=1S/C13H13BrN4S/c1-8-3-4-10(19-8)9(2)16-12-13-15-5-6-18(13)7-11(14)17-12/h3-7,9H,1-2H3,(H,16,17). The van der Waals surface area contributed by atoms with E-state index in [1.807, 2.05) is 16.8 Å². The minimum atomic E-state index is 0.209. The van der Waals surface area contributed by atoms with Gasteiger partial charge in [-0.15, -0.1) is 11.3 Å². The van der Waals surface area contributed by atoms with E-state index in [-0.39, 0.29) is 6.04 Å². The molecule has 0 fully saturated rings. The summed E-state index contributed by atoms with van der Waals surface area (Å²) in [6.07, 6.45) is 5.58. The van der Waals surface area contributed by atoms with E-state index < -0.39 is 0 Å². The van der Waals surface area contributed by atoms with Gasteiger partial charge in [0, 0.05) is 28.3 Å². The third-order valence-corrected chi connectivity index (χ3v) is 4.45. The Balaban J connectivity index is 1.94. The van der Waals surface area contributed by atoms with E-state index in [1.165, 1.54) is 9.75 Å². The summed E-state index contributed by atoms with van der Waals surface area (Å²) in [5.41, 5.74) is 0.836. The summed E-state index contributed by atoms with van der Waals surface area (Å²) >= 11 is 5.22. The van der Waals surface area contributed by atoms with Gasteiger partial charge in [-0.25, -0.2) is 9.97 Å². The fourth-order valence-electron chi connectivity index (χ4n) is 1.96. The molecule has 0 saturated heterocycles. The van der Waals surface area contributed by atoms with Gasteiger partial charge in [0.2, 0.25) is 0 Å². The van der Waals surface area contributed by atoms with E-state index in [0.29, 0.717) is 0 Å². The van der Waals surface area contributed by atoms with Crippen molar-refractivity contribution in [1.29, 1.82) is 0 Å². The molecule has 6 heteroatoms. The highest BCUT2D eigenvalue weighted by Crippen LogP contribution is 2.27. The highest BCUT2D eigenvalue weighted by molar-refractivity contribution is 9.10. The molecular formula is C13H13BrN4S. The maximum Gasteiger partial charge on any atom is 0.180 e. The Bertz CT molecular complexity index is 718. The maximum absolute atomic E-state index is 4.47. The zero-order valence-electron chi connectivity index (χ0n) is 10.6. The van der Waals surface area contributed by atoms with Crippen LogP contribution in [-0.2, 0) is 0 Å². The van der Waals surface area contributed by atoms with E-state index in [1.54, 1.807) is 17.5 Å². The van der Waals surface area contributed by atoms with Crippen LogP contribution in [0.15, 0.2) is 35.3 Å². The molecule has 0 aliphatic rings. The molecule has 98 valence electrons. The quantitative estimate of drug-likeness (QED) is 0.784. The minimum Gasteiger partial charge on any atom is -0.360 e. The van der Waals surface area contributed by atoms with Crippen LogP contribution in [0.5, 0.6) is 0 Å². The Morgan fingerprint density at radius 1 is 1.42 bits per heavy atom. The number of rotatable bonds is 3. The van der Waals surface area contributed by atoms with Gasteiger partial charge in [0.25, 0.3) is 0 Å². The molecule has 0 radical (unpaired) electrons. The van der Waals surface area contributed by atoms with E-state index >= 15 is 0 Å². The van der Waals surface area contributed by atoms with Gasteiger partial charge in [0.1, 0.15) is 4.60 Å². The molecule has 0 spiro atoms. The SMILES string of the molecule is Cc1ccc(C(C)Nc2nc(Br)cn3ccnc23)s1. The van der Waals surface area contributed by atoms with Crippen molar-refractivity contribution in [1.82, 2.24) is 14.4 Å². The lowest BCUT2D eigenvalue weighted by Gasteiger charge is -2.13. The first-order chi connectivity index (χ1) is 9.13. The van der Waals surface area contributed by atoms with Gasteiger partial charge in [0.05, 0.1) is 6.04 Å². The monoisotopic (exact) mass is 336 g/mol. The second-order valence-electron chi connectivity index (χ2n) is 4.38. The van der Waals surface area contributed by atoms with Crippen molar-refractivity contribution in [3.8, 4) is 0 Å². The first-order valence-corrected chi connectivity index (χ1v) is 7.56. The van der Waals surface area contributed by atoms with Crippen molar-refractivity contribution in [3.05, 3.63) is 45.1 Å². The van der Waals surface area contributed by atoms with Gasteiger partial charge >= 0.3 is 0 Å². The Kier molecular flexibility index (Phi) is 3.28. The number of nitrogens with one attached hydrogen (secondary N) is 1. The molecule has 1 N–H and O–H groups in total. The van der Waals surface area contributed by atoms with Crippen molar-refractivity contribution in [3.63, 3.8) is 0 Å². The van der Waals surface area contributed by atoms with Crippen LogP contribution < -0.4 is 5.32 Å². The van der Waals surface area contributed by atoms with Crippen molar-refractivity contribution in [2.24, 2.45) is 0 Å². The van der Waals surface area contributed by atoms with Crippen molar-refractivity contribution in [2.45, 2.75) is 19.9 Å². The van der Waals surface area contributed by atoms with Crippen LogP contribution >= 0.6 is 27.3 Å². The number of aromatic nitrogens is 3. The first-order valence-electron chi connectivity index (χ1n) is 5.95. The number of nitrogens with zero attached hydrogens (tertiary/aromatic N) is 3. The summed E-state index contributed by atoms with van der Waals surface area (Å²) < 4.78 is 2.74. The van der Waals surface area contributed by atoms with Crippen LogP contribution in [0.1, 0.15) is 22.7 Å². The summed E-state index contributed by atoms with van der Waals surface area (Å²) in [5.74, 6) is 0.790. The fraction of sp³-hybridized carbons (Fsp3) is 0.231. The smallest absolute Gasteiger partial charge is 0.180 e. The molecule has 3 aromatic heterocycles. The lowest BCUT2D eigenvalue weighted by Crippen LogP contribution is -2.08. The molecule has 0 aromatic carbocycles. The molecule has 0 amide bonds. The van der Waals surface area contributed by atoms with Gasteiger partial charge in [-0.2, -0.15) is 0 Å². The summed E-state index contributed by atoms with van der Waals surface area (Å²) in [4.78, 5) is 11.4. The summed E-state index contributed by atoms with van der Waals surface area (Å²) in [7, 11) is 0. The Morgan fingerprint density at radius 3 is 3.00 bits per heavy atom. The molecule has 19 heavy (non-hydrogen) atoms. The lowest BCUT2D eigenvalue weighted by molar-refractivity contribution is 0.891. The summed E-state index contributed by atoms with van der Waals surface area (Å²) in [6, 6.07) is 4.50. The zero-order valence-corrected chi connectivity index (χ0v) is 13.0. The Hall–Kier alpha value is -1.40. The highest BCUT2D eigenvalue weighted by Gasteiger charge is 2.12. The fourth-order valence-corrected chi connectivity index (χ4v) is 3.24. The topological polar surface area (TPSA) is 42.2 Å². The largest absolute Gasteiger partial charge is 0.360 e. The van der Waals surface area contributed by atoms with Crippen LogP contribution in [0.3, 0.4) is 0 Å². The second kappa shape index (κ2) is 4.94. The lowest BCUT2D eigenvalue weighted by atomic mass is 10.3. The average Bonchev–Trinajstić information content (AvgIpc) is 2.97. The van der Waals surface area contributed by atoms with Gasteiger partial charge in [-0.05, 0) is 41.9 Å². The van der Waals surface area contributed by atoms with E-state index in [4.69, 9.17) is 0 Å². The zero-order chi connectivity index (χ0) is 13.4. The minimum absolute atomic E-state index is 0.209. The van der Waals surface area contributed by atoms with Crippen LogP contribution in [0.4, 0.5) is 5.82 Å². The normalized spacial score (nSPS) is 12.8. The number of fused-ring (bicyclic) bond motifs is 1. The molecule has 1 unspecified atom stereocenters. The van der Waals surface area contributed by atoms with Crippen LogP contribution in [0.25, 0.3) is 5.65 Å². The molecule has 3 heterocycles.